The Hall–Kier alpha value is -0.320. The van der Waals surface area contributed by atoms with E-state index in [2.05, 4.69) is 15.3 Å². The zero-order chi connectivity index (χ0) is 9.80. The standard InChI is InChI=1S/C9H12ClN3S/c10-7-5-12-9(13-6-7)14-8-1-3-11-4-2-8/h5-6,8,11H,1-4H2. The first-order chi connectivity index (χ1) is 6.84. The van der Waals surface area contributed by atoms with E-state index in [-0.39, 0.29) is 0 Å². The molecule has 14 heavy (non-hydrogen) atoms. The van der Waals surface area contributed by atoms with Crippen molar-refractivity contribution in [1.82, 2.24) is 15.3 Å². The third kappa shape index (κ3) is 2.83. The topological polar surface area (TPSA) is 37.8 Å². The van der Waals surface area contributed by atoms with Crippen molar-refractivity contribution in [3.05, 3.63) is 17.4 Å². The van der Waals surface area contributed by atoms with E-state index < -0.39 is 0 Å². The molecule has 0 aromatic carbocycles. The van der Waals surface area contributed by atoms with Crippen LogP contribution in [0.2, 0.25) is 5.02 Å². The van der Waals surface area contributed by atoms with Crippen molar-refractivity contribution in [2.24, 2.45) is 0 Å². The second-order valence-corrected chi connectivity index (χ2v) is 4.96. The fraction of sp³-hybridized carbons (Fsp3) is 0.556. The minimum absolute atomic E-state index is 0.597. The molecule has 0 radical (unpaired) electrons. The highest BCUT2D eigenvalue weighted by molar-refractivity contribution is 7.99. The van der Waals surface area contributed by atoms with Gasteiger partial charge in [0.1, 0.15) is 0 Å². The molecule has 1 fully saturated rings. The summed E-state index contributed by atoms with van der Waals surface area (Å²) < 4.78 is 0. The summed E-state index contributed by atoms with van der Waals surface area (Å²) in [5.74, 6) is 0. The van der Waals surface area contributed by atoms with Crippen molar-refractivity contribution in [1.29, 1.82) is 0 Å². The number of hydrogen-bond donors (Lipinski definition) is 1. The van der Waals surface area contributed by atoms with E-state index in [1.807, 2.05) is 0 Å². The largest absolute Gasteiger partial charge is 0.317 e. The molecule has 1 aromatic rings. The SMILES string of the molecule is Clc1cnc(SC2CCNCC2)nc1. The van der Waals surface area contributed by atoms with Crippen LogP contribution in [0, 0.1) is 0 Å². The molecule has 3 nitrogen and oxygen atoms in total. The molecule has 1 N–H and O–H groups in total. The molecule has 0 saturated carbocycles. The Morgan fingerprint density at radius 2 is 1.93 bits per heavy atom. The molecule has 0 spiro atoms. The monoisotopic (exact) mass is 229 g/mol. The molecular weight excluding hydrogens is 218 g/mol. The Morgan fingerprint density at radius 3 is 2.57 bits per heavy atom. The van der Waals surface area contributed by atoms with E-state index in [9.17, 15) is 0 Å². The Morgan fingerprint density at radius 1 is 1.29 bits per heavy atom. The van der Waals surface area contributed by atoms with Gasteiger partial charge < -0.3 is 5.32 Å². The molecule has 1 saturated heterocycles. The second-order valence-electron chi connectivity index (χ2n) is 3.25. The number of hydrogen-bond acceptors (Lipinski definition) is 4. The molecule has 0 aliphatic carbocycles. The van der Waals surface area contributed by atoms with Crippen LogP contribution < -0.4 is 5.32 Å². The number of nitrogens with one attached hydrogen (secondary N) is 1. The average Bonchev–Trinajstić information content (AvgIpc) is 2.23. The molecule has 0 atom stereocenters. The zero-order valence-corrected chi connectivity index (χ0v) is 9.31. The van der Waals surface area contributed by atoms with E-state index >= 15 is 0 Å². The van der Waals surface area contributed by atoms with Gasteiger partial charge in [-0.1, -0.05) is 23.4 Å². The van der Waals surface area contributed by atoms with Gasteiger partial charge in [0.2, 0.25) is 0 Å². The highest BCUT2D eigenvalue weighted by Crippen LogP contribution is 2.25. The van der Waals surface area contributed by atoms with Gasteiger partial charge in [-0.3, -0.25) is 0 Å². The molecule has 76 valence electrons. The Balaban J connectivity index is 1.92. The van der Waals surface area contributed by atoms with E-state index in [0.29, 0.717) is 10.3 Å². The third-order valence-corrected chi connectivity index (χ3v) is 3.58. The van der Waals surface area contributed by atoms with E-state index in [1.165, 1.54) is 12.8 Å². The van der Waals surface area contributed by atoms with Gasteiger partial charge in [0.25, 0.3) is 0 Å². The van der Waals surface area contributed by atoms with Gasteiger partial charge in [-0.15, -0.1) is 0 Å². The molecule has 1 aliphatic heterocycles. The number of thioether (sulfide) groups is 1. The van der Waals surface area contributed by atoms with Crippen LogP contribution in [-0.4, -0.2) is 28.3 Å². The van der Waals surface area contributed by atoms with Crippen LogP contribution >= 0.6 is 23.4 Å². The van der Waals surface area contributed by atoms with Gasteiger partial charge in [0.15, 0.2) is 5.16 Å². The molecule has 1 aliphatic rings. The first-order valence-electron chi connectivity index (χ1n) is 4.69. The average molecular weight is 230 g/mol. The van der Waals surface area contributed by atoms with Crippen molar-refractivity contribution in [3.63, 3.8) is 0 Å². The quantitative estimate of drug-likeness (QED) is 0.787. The van der Waals surface area contributed by atoms with Crippen LogP contribution in [0.4, 0.5) is 0 Å². The number of aromatic nitrogens is 2. The predicted octanol–water partition coefficient (Wildman–Crippen LogP) is 1.97. The van der Waals surface area contributed by atoms with Crippen molar-refractivity contribution in [2.45, 2.75) is 23.2 Å². The molecule has 2 heterocycles. The van der Waals surface area contributed by atoms with Crippen LogP contribution in [0.5, 0.6) is 0 Å². The van der Waals surface area contributed by atoms with Crippen LogP contribution in [0.25, 0.3) is 0 Å². The highest BCUT2D eigenvalue weighted by atomic mass is 35.5. The predicted molar refractivity (Wildman–Crippen MR) is 58.8 cm³/mol. The van der Waals surface area contributed by atoms with Crippen LogP contribution in [0.3, 0.4) is 0 Å². The highest BCUT2D eigenvalue weighted by Gasteiger charge is 2.15. The molecule has 2 rings (SSSR count). The van der Waals surface area contributed by atoms with Crippen LogP contribution in [0.1, 0.15) is 12.8 Å². The van der Waals surface area contributed by atoms with Crippen LogP contribution in [-0.2, 0) is 0 Å². The molecule has 0 unspecified atom stereocenters. The smallest absolute Gasteiger partial charge is 0.187 e. The van der Waals surface area contributed by atoms with Crippen molar-refractivity contribution in [2.75, 3.05) is 13.1 Å². The minimum atomic E-state index is 0.597. The maximum atomic E-state index is 5.71. The molecule has 0 bridgehead atoms. The summed E-state index contributed by atoms with van der Waals surface area (Å²) in [6.45, 7) is 2.20. The molecule has 5 heteroatoms. The number of rotatable bonds is 2. The molecule has 1 aromatic heterocycles. The Bertz CT molecular complexity index is 285. The molecular formula is C9H12ClN3S. The Kier molecular flexibility index (Phi) is 3.61. The summed E-state index contributed by atoms with van der Waals surface area (Å²) in [4.78, 5) is 8.34. The minimum Gasteiger partial charge on any atom is -0.317 e. The zero-order valence-electron chi connectivity index (χ0n) is 7.74. The summed E-state index contributed by atoms with van der Waals surface area (Å²) in [5.41, 5.74) is 0. The van der Waals surface area contributed by atoms with Crippen LogP contribution in [0.15, 0.2) is 17.6 Å². The van der Waals surface area contributed by atoms with Gasteiger partial charge in [-0.2, -0.15) is 0 Å². The number of halogens is 1. The first kappa shape index (κ1) is 10.2. The van der Waals surface area contributed by atoms with Crippen molar-refractivity contribution in [3.8, 4) is 0 Å². The third-order valence-electron chi connectivity index (χ3n) is 2.15. The Labute approximate surface area is 92.7 Å². The fourth-order valence-electron chi connectivity index (χ4n) is 1.42. The summed E-state index contributed by atoms with van der Waals surface area (Å²) in [6, 6.07) is 0. The lowest BCUT2D eigenvalue weighted by atomic mass is 10.2. The second kappa shape index (κ2) is 4.96. The lowest BCUT2D eigenvalue weighted by molar-refractivity contribution is 0.531. The maximum absolute atomic E-state index is 5.71. The summed E-state index contributed by atoms with van der Waals surface area (Å²) in [5, 5.41) is 5.42. The van der Waals surface area contributed by atoms with Crippen molar-refractivity contribution < 1.29 is 0 Å². The summed E-state index contributed by atoms with van der Waals surface area (Å²) >= 11 is 7.46. The van der Waals surface area contributed by atoms with Gasteiger partial charge in [-0.25, -0.2) is 9.97 Å². The first-order valence-corrected chi connectivity index (χ1v) is 5.95. The van der Waals surface area contributed by atoms with Gasteiger partial charge in [0.05, 0.1) is 17.4 Å². The lowest BCUT2D eigenvalue weighted by Crippen LogP contribution is -2.29. The fourth-order valence-corrected chi connectivity index (χ4v) is 2.52. The maximum Gasteiger partial charge on any atom is 0.187 e. The summed E-state index contributed by atoms with van der Waals surface area (Å²) in [7, 11) is 0. The van der Waals surface area contributed by atoms with Gasteiger partial charge in [-0.05, 0) is 25.9 Å². The van der Waals surface area contributed by atoms with Crippen molar-refractivity contribution >= 4 is 23.4 Å². The number of nitrogens with zero attached hydrogens (tertiary/aromatic N) is 2. The lowest BCUT2D eigenvalue weighted by Gasteiger charge is -2.20. The van der Waals surface area contributed by atoms with Gasteiger partial charge >= 0.3 is 0 Å². The number of piperidine rings is 1. The van der Waals surface area contributed by atoms with E-state index in [0.717, 1.165) is 18.2 Å². The molecule has 0 amide bonds. The summed E-state index contributed by atoms with van der Waals surface area (Å²) in [6.07, 6.45) is 5.68. The van der Waals surface area contributed by atoms with E-state index in [4.69, 9.17) is 11.6 Å². The normalized spacial score (nSPS) is 18.4. The van der Waals surface area contributed by atoms with Gasteiger partial charge in [0, 0.05) is 5.25 Å². The van der Waals surface area contributed by atoms with E-state index in [1.54, 1.807) is 24.2 Å².